The Hall–Kier alpha value is -3.29. The molecule has 0 saturated heterocycles. The van der Waals surface area contributed by atoms with Crippen LogP contribution in [-0.2, 0) is 4.79 Å². The van der Waals surface area contributed by atoms with E-state index in [0.717, 1.165) is 21.6 Å². The van der Waals surface area contributed by atoms with Crippen molar-refractivity contribution >= 4 is 30.7 Å². The van der Waals surface area contributed by atoms with E-state index in [1.807, 2.05) is 93.6 Å². The smallest absolute Gasteiger partial charge is 0.316 e. The maximum absolute atomic E-state index is 13.6. The van der Waals surface area contributed by atoms with E-state index in [2.05, 4.69) is 0 Å². The summed E-state index contributed by atoms with van der Waals surface area (Å²) in [6.07, 6.45) is 0. The Morgan fingerprint density at radius 1 is 0.742 bits per heavy atom. The van der Waals surface area contributed by atoms with E-state index in [-0.39, 0.29) is 11.8 Å². The Kier molecular flexibility index (Phi) is 5.71. The summed E-state index contributed by atoms with van der Waals surface area (Å²) >= 11 is 0. The van der Waals surface area contributed by atoms with E-state index in [1.54, 1.807) is 12.1 Å². The highest BCUT2D eigenvalue weighted by molar-refractivity contribution is 7.37. The Balaban J connectivity index is 2.01. The molecule has 0 saturated carbocycles. The molecule has 0 spiro atoms. The van der Waals surface area contributed by atoms with Gasteiger partial charge in [0.15, 0.2) is 5.75 Å². The Labute approximate surface area is 183 Å². The van der Waals surface area contributed by atoms with E-state index in [4.69, 9.17) is 4.74 Å². The van der Waals surface area contributed by atoms with Crippen molar-refractivity contribution in [3.05, 3.63) is 95.8 Å². The van der Waals surface area contributed by atoms with E-state index in [9.17, 15) is 9.59 Å². The summed E-state index contributed by atoms with van der Waals surface area (Å²) in [4.78, 5) is 26.4. The summed E-state index contributed by atoms with van der Waals surface area (Å²) in [7, 11) is 0.714. The van der Waals surface area contributed by atoms with Crippen LogP contribution in [0.15, 0.2) is 84.9 Å². The number of benzene rings is 3. The van der Waals surface area contributed by atoms with Crippen LogP contribution in [0.3, 0.4) is 0 Å². The second-order valence-electron chi connectivity index (χ2n) is 8.38. The number of esters is 1. The van der Waals surface area contributed by atoms with Crippen LogP contribution in [0.4, 0.5) is 0 Å². The van der Waals surface area contributed by atoms with Crippen LogP contribution in [0.1, 0.15) is 36.4 Å². The molecule has 0 aliphatic rings. The van der Waals surface area contributed by atoms with E-state index < -0.39 is 5.41 Å². The highest BCUT2D eigenvalue weighted by Crippen LogP contribution is 2.46. The molecule has 154 valence electrons. The van der Waals surface area contributed by atoms with Crippen LogP contribution in [-0.4, -0.2) is 11.8 Å². The van der Waals surface area contributed by atoms with Gasteiger partial charge in [0.05, 0.1) is 10.7 Å². The first kappa shape index (κ1) is 21.0. The van der Waals surface area contributed by atoms with Crippen molar-refractivity contribution in [2.75, 3.05) is 0 Å². The summed E-state index contributed by atoms with van der Waals surface area (Å²) in [6.45, 7) is 5.42. The molecule has 3 nitrogen and oxygen atoms in total. The Bertz CT molecular complexity index is 1260. The largest absolute Gasteiger partial charge is 0.424 e. The van der Waals surface area contributed by atoms with Gasteiger partial charge < -0.3 is 4.74 Å². The fraction of sp³-hybridized carbons (Fsp3) is 0.148. The second-order valence-corrected chi connectivity index (χ2v) is 9.50. The van der Waals surface area contributed by atoms with Crippen LogP contribution in [0.2, 0.25) is 0 Å². The van der Waals surface area contributed by atoms with Crippen LogP contribution in [0, 0.1) is 5.41 Å². The third-order valence-corrected chi connectivity index (χ3v) is 6.32. The van der Waals surface area contributed by atoms with Gasteiger partial charge in [0, 0.05) is 16.2 Å². The number of rotatable bonds is 4. The average Bonchev–Trinajstić information content (AvgIpc) is 2.79. The lowest BCUT2D eigenvalue weighted by Gasteiger charge is -2.20. The van der Waals surface area contributed by atoms with Crippen molar-refractivity contribution in [3.63, 3.8) is 0 Å². The maximum atomic E-state index is 13.6. The van der Waals surface area contributed by atoms with Crippen molar-refractivity contribution < 1.29 is 14.3 Å². The van der Waals surface area contributed by atoms with Gasteiger partial charge in [-0.05, 0) is 31.7 Å². The van der Waals surface area contributed by atoms with Crippen molar-refractivity contribution in [3.8, 4) is 16.6 Å². The van der Waals surface area contributed by atoms with Gasteiger partial charge in [0.1, 0.15) is 0 Å². The number of ketones is 1. The number of ether oxygens (including phenoxy) is 1. The molecule has 0 aliphatic heterocycles. The van der Waals surface area contributed by atoms with E-state index >= 15 is 0 Å². The Morgan fingerprint density at radius 2 is 1.29 bits per heavy atom. The third-order valence-electron chi connectivity index (χ3n) is 4.97. The summed E-state index contributed by atoms with van der Waals surface area (Å²) in [6, 6.07) is 26.9. The zero-order valence-corrected chi connectivity index (χ0v) is 18.6. The SMILES string of the molecule is CC(C)(C)C(=O)Oc1c(C(=O)c2ccccc2)pc(-c2ccccc2)c2ccccc12. The predicted molar refractivity (Wildman–Crippen MR) is 127 cm³/mol. The lowest BCUT2D eigenvalue weighted by molar-refractivity contribution is -0.142. The number of carbonyl (C=O) groups excluding carboxylic acids is 2. The molecule has 0 radical (unpaired) electrons. The van der Waals surface area contributed by atoms with Crippen molar-refractivity contribution in [1.29, 1.82) is 0 Å². The highest BCUT2D eigenvalue weighted by Gasteiger charge is 2.28. The second kappa shape index (κ2) is 8.45. The van der Waals surface area contributed by atoms with Crippen LogP contribution < -0.4 is 4.74 Å². The van der Waals surface area contributed by atoms with Gasteiger partial charge in [0.25, 0.3) is 0 Å². The number of hydrogen-bond donors (Lipinski definition) is 0. The normalized spacial score (nSPS) is 11.6. The molecule has 0 unspecified atom stereocenters. The molecule has 4 heteroatoms. The summed E-state index contributed by atoms with van der Waals surface area (Å²) in [5, 5.41) is 3.22. The number of carbonyl (C=O) groups is 2. The molecule has 31 heavy (non-hydrogen) atoms. The number of fused-ring (bicyclic) bond motifs is 1. The third kappa shape index (κ3) is 4.28. The van der Waals surface area contributed by atoms with Crippen LogP contribution in [0.25, 0.3) is 21.6 Å². The summed E-state index contributed by atoms with van der Waals surface area (Å²) < 4.78 is 5.92. The zero-order chi connectivity index (χ0) is 22.0. The van der Waals surface area contributed by atoms with Gasteiger partial charge >= 0.3 is 5.97 Å². The van der Waals surface area contributed by atoms with Gasteiger partial charge in [-0.2, -0.15) is 0 Å². The minimum Gasteiger partial charge on any atom is -0.424 e. The maximum Gasteiger partial charge on any atom is 0.316 e. The van der Waals surface area contributed by atoms with E-state index in [1.165, 1.54) is 0 Å². The quantitative estimate of drug-likeness (QED) is 0.255. The van der Waals surface area contributed by atoms with Gasteiger partial charge in [0.2, 0.25) is 5.78 Å². The molecule has 0 fully saturated rings. The fourth-order valence-electron chi connectivity index (χ4n) is 3.28. The van der Waals surface area contributed by atoms with Gasteiger partial charge in [-0.15, -0.1) is 0 Å². The molecule has 0 amide bonds. The first-order valence-corrected chi connectivity index (χ1v) is 11.1. The molecule has 4 aromatic rings. The first-order valence-electron chi connectivity index (χ1n) is 10.2. The molecule has 0 bridgehead atoms. The minimum absolute atomic E-state index is 0.137. The van der Waals surface area contributed by atoms with E-state index in [0.29, 0.717) is 24.8 Å². The fourth-order valence-corrected chi connectivity index (χ4v) is 4.60. The van der Waals surface area contributed by atoms with Crippen molar-refractivity contribution in [2.45, 2.75) is 20.8 Å². The molecule has 0 aliphatic carbocycles. The first-order chi connectivity index (χ1) is 14.9. The summed E-state index contributed by atoms with van der Waals surface area (Å²) in [5.41, 5.74) is 0.917. The lowest BCUT2D eigenvalue weighted by Crippen LogP contribution is -2.26. The molecular formula is C27H23O3P. The van der Waals surface area contributed by atoms with Crippen molar-refractivity contribution in [2.24, 2.45) is 5.41 Å². The van der Waals surface area contributed by atoms with Crippen LogP contribution >= 0.6 is 8.19 Å². The monoisotopic (exact) mass is 426 g/mol. The van der Waals surface area contributed by atoms with Gasteiger partial charge in [-0.3, -0.25) is 9.59 Å². The number of hydrogen-bond acceptors (Lipinski definition) is 3. The molecular weight excluding hydrogens is 403 g/mol. The zero-order valence-electron chi connectivity index (χ0n) is 17.8. The van der Waals surface area contributed by atoms with Crippen molar-refractivity contribution in [1.82, 2.24) is 0 Å². The van der Waals surface area contributed by atoms with Gasteiger partial charge in [-0.1, -0.05) is 93.1 Å². The molecule has 4 rings (SSSR count). The summed E-state index contributed by atoms with van der Waals surface area (Å²) in [5.74, 6) is -0.151. The molecule has 0 atom stereocenters. The molecule has 1 aromatic heterocycles. The lowest BCUT2D eigenvalue weighted by atomic mass is 9.97. The van der Waals surface area contributed by atoms with Crippen LogP contribution in [0.5, 0.6) is 5.75 Å². The standard InChI is InChI=1S/C27H23O3P/c1-27(2,3)26(29)30-23-20-16-10-11-17-21(20)24(19-14-8-5-9-15-19)31-25(23)22(28)18-12-6-4-7-13-18/h4-17H,1-3H3. The molecule has 3 aromatic carbocycles. The topological polar surface area (TPSA) is 43.4 Å². The Morgan fingerprint density at radius 3 is 1.90 bits per heavy atom. The molecule has 1 heterocycles. The minimum atomic E-state index is -0.691. The molecule has 0 N–H and O–H groups in total. The van der Waals surface area contributed by atoms with Gasteiger partial charge in [-0.25, -0.2) is 0 Å². The highest BCUT2D eigenvalue weighted by atomic mass is 31.0. The average molecular weight is 426 g/mol. The predicted octanol–water partition coefficient (Wildman–Crippen LogP) is 7.27.